The second kappa shape index (κ2) is 8.00. The van der Waals surface area contributed by atoms with Gasteiger partial charge in [0.1, 0.15) is 11.5 Å². The Morgan fingerprint density at radius 3 is 2.76 bits per heavy atom. The molecule has 2 unspecified atom stereocenters. The van der Waals surface area contributed by atoms with Gasteiger partial charge in [-0.3, -0.25) is 4.79 Å². The molecule has 0 spiro atoms. The molecular formula is C20H28FN3O. The van der Waals surface area contributed by atoms with Crippen molar-refractivity contribution in [3.05, 3.63) is 35.8 Å². The highest BCUT2D eigenvalue weighted by molar-refractivity contribution is 5.97. The molecule has 0 bridgehead atoms. The van der Waals surface area contributed by atoms with Crippen LogP contribution in [-0.4, -0.2) is 42.0 Å². The van der Waals surface area contributed by atoms with Crippen LogP contribution in [0.2, 0.25) is 0 Å². The summed E-state index contributed by atoms with van der Waals surface area (Å²) in [6, 6.07) is 6.18. The topological polar surface area (TPSA) is 48.1 Å². The minimum atomic E-state index is -0.292. The molecule has 0 radical (unpaired) electrons. The largest absolute Gasteiger partial charge is 0.351 e. The second-order valence-corrected chi connectivity index (χ2v) is 7.58. The number of nitrogens with one attached hydrogen (secondary N) is 2. The lowest BCUT2D eigenvalue weighted by Gasteiger charge is -2.34. The van der Waals surface area contributed by atoms with Gasteiger partial charge in [0.2, 0.25) is 0 Å². The Morgan fingerprint density at radius 1 is 1.24 bits per heavy atom. The van der Waals surface area contributed by atoms with E-state index in [1.165, 1.54) is 31.6 Å². The first-order valence-corrected chi connectivity index (χ1v) is 9.30. The van der Waals surface area contributed by atoms with Gasteiger partial charge in [-0.05, 0) is 61.9 Å². The summed E-state index contributed by atoms with van der Waals surface area (Å²) in [5.41, 5.74) is 1.26. The number of carbonyl (C=O) groups is 1. The molecule has 1 fully saturated rings. The molecule has 1 saturated heterocycles. The fourth-order valence-electron chi connectivity index (χ4n) is 3.96. The number of aromatic nitrogens is 1. The van der Waals surface area contributed by atoms with Gasteiger partial charge in [0.05, 0.1) is 0 Å². The minimum absolute atomic E-state index is 0.128. The molecule has 1 aromatic carbocycles. The van der Waals surface area contributed by atoms with Crippen molar-refractivity contribution in [2.75, 3.05) is 26.2 Å². The molecule has 1 aliphatic rings. The molecule has 2 N–H and O–H groups in total. The number of benzene rings is 1. The number of hydrogen-bond acceptors (Lipinski definition) is 2. The SMILES string of the molecule is CC1CC(C)CN(CCCCNC(=O)c2cc3cc(F)ccc3[nH]2)C1. The molecule has 5 heteroatoms. The summed E-state index contributed by atoms with van der Waals surface area (Å²) < 4.78 is 13.2. The van der Waals surface area contributed by atoms with E-state index in [1.807, 2.05) is 0 Å². The maximum Gasteiger partial charge on any atom is 0.267 e. The van der Waals surface area contributed by atoms with E-state index in [0.717, 1.165) is 42.1 Å². The summed E-state index contributed by atoms with van der Waals surface area (Å²) in [4.78, 5) is 17.8. The third-order valence-electron chi connectivity index (χ3n) is 4.96. The van der Waals surface area contributed by atoms with E-state index in [1.54, 1.807) is 12.1 Å². The van der Waals surface area contributed by atoms with Gasteiger partial charge in [0.25, 0.3) is 5.91 Å². The molecule has 2 heterocycles. The average Bonchev–Trinajstić information content (AvgIpc) is 2.96. The highest BCUT2D eigenvalue weighted by atomic mass is 19.1. The first-order chi connectivity index (χ1) is 12.0. The van der Waals surface area contributed by atoms with Gasteiger partial charge in [-0.25, -0.2) is 4.39 Å². The van der Waals surface area contributed by atoms with Crippen LogP contribution in [0.3, 0.4) is 0 Å². The zero-order chi connectivity index (χ0) is 17.8. The van der Waals surface area contributed by atoms with Gasteiger partial charge in [-0.1, -0.05) is 13.8 Å². The summed E-state index contributed by atoms with van der Waals surface area (Å²) in [5, 5.41) is 3.67. The molecule has 1 aromatic heterocycles. The lowest BCUT2D eigenvalue weighted by atomic mass is 9.92. The number of H-pyrrole nitrogens is 1. The Morgan fingerprint density at radius 2 is 2.00 bits per heavy atom. The van der Waals surface area contributed by atoms with Crippen molar-refractivity contribution in [2.24, 2.45) is 11.8 Å². The normalized spacial score (nSPS) is 21.6. The lowest BCUT2D eigenvalue weighted by molar-refractivity contribution is 0.0947. The number of halogens is 1. The number of hydrogen-bond donors (Lipinski definition) is 2. The van der Waals surface area contributed by atoms with Crippen molar-refractivity contribution in [1.82, 2.24) is 15.2 Å². The van der Waals surface area contributed by atoms with Crippen LogP contribution in [0.15, 0.2) is 24.3 Å². The summed E-state index contributed by atoms with van der Waals surface area (Å²) in [6.45, 7) is 8.83. The highest BCUT2D eigenvalue weighted by Crippen LogP contribution is 2.21. The van der Waals surface area contributed by atoms with E-state index in [9.17, 15) is 9.18 Å². The van der Waals surface area contributed by atoms with Crippen LogP contribution in [0.5, 0.6) is 0 Å². The van der Waals surface area contributed by atoms with E-state index in [2.05, 4.69) is 29.0 Å². The number of nitrogens with zero attached hydrogens (tertiary/aromatic N) is 1. The number of piperidine rings is 1. The summed E-state index contributed by atoms with van der Waals surface area (Å²) in [6.07, 6.45) is 3.40. The Labute approximate surface area is 148 Å². The van der Waals surface area contributed by atoms with E-state index in [-0.39, 0.29) is 11.7 Å². The summed E-state index contributed by atoms with van der Waals surface area (Å²) >= 11 is 0. The molecule has 2 atom stereocenters. The Hall–Kier alpha value is -1.88. The van der Waals surface area contributed by atoms with Crippen LogP contribution in [0.4, 0.5) is 4.39 Å². The highest BCUT2D eigenvalue weighted by Gasteiger charge is 2.21. The molecule has 136 valence electrons. The molecule has 25 heavy (non-hydrogen) atoms. The van der Waals surface area contributed by atoms with Gasteiger partial charge in [0.15, 0.2) is 0 Å². The van der Waals surface area contributed by atoms with Crippen LogP contribution in [0.25, 0.3) is 10.9 Å². The van der Waals surface area contributed by atoms with E-state index < -0.39 is 0 Å². The van der Waals surface area contributed by atoms with Crippen molar-refractivity contribution in [3.63, 3.8) is 0 Å². The zero-order valence-corrected chi connectivity index (χ0v) is 15.1. The van der Waals surface area contributed by atoms with Gasteiger partial charge >= 0.3 is 0 Å². The second-order valence-electron chi connectivity index (χ2n) is 7.58. The summed E-state index contributed by atoms with van der Waals surface area (Å²) in [7, 11) is 0. The van der Waals surface area contributed by atoms with Crippen molar-refractivity contribution in [1.29, 1.82) is 0 Å². The van der Waals surface area contributed by atoms with Crippen molar-refractivity contribution < 1.29 is 9.18 Å². The van der Waals surface area contributed by atoms with Gasteiger partial charge in [0, 0.05) is 30.5 Å². The fourth-order valence-corrected chi connectivity index (χ4v) is 3.96. The van der Waals surface area contributed by atoms with E-state index in [4.69, 9.17) is 0 Å². The number of unbranched alkanes of at least 4 members (excludes halogenated alkanes) is 1. The first-order valence-electron chi connectivity index (χ1n) is 9.30. The minimum Gasteiger partial charge on any atom is -0.351 e. The molecule has 1 aliphatic heterocycles. The number of rotatable bonds is 6. The standard InChI is InChI=1S/C20H28FN3O/c1-14-9-15(2)13-24(12-14)8-4-3-7-22-20(25)19-11-16-10-17(21)5-6-18(16)23-19/h5-6,10-11,14-15,23H,3-4,7-9,12-13H2,1-2H3,(H,22,25). The molecule has 3 rings (SSSR count). The quantitative estimate of drug-likeness (QED) is 0.783. The van der Waals surface area contributed by atoms with Crippen LogP contribution >= 0.6 is 0 Å². The Balaban J connectivity index is 1.40. The van der Waals surface area contributed by atoms with Crippen LogP contribution < -0.4 is 5.32 Å². The molecule has 4 nitrogen and oxygen atoms in total. The number of fused-ring (bicyclic) bond motifs is 1. The van der Waals surface area contributed by atoms with Gasteiger partial charge < -0.3 is 15.2 Å². The molecule has 0 saturated carbocycles. The van der Waals surface area contributed by atoms with E-state index in [0.29, 0.717) is 12.2 Å². The van der Waals surface area contributed by atoms with Crippen molar-refractivity contribution >= 4 is 16.8 Å². The van der Waals surface area contributed by atoms with Gasteiger partial charge in [-0.2, -0.15) is 0 Å². The van der Waals surface area contributed by atoms with Gasteiger partial charge in [-0.15, -0.1) is 0 Å². The summed E-state index contributed by atoms with van der Waals surface area (Å²) in [5.74, 6) is 1.15. The number of aromatic amines is 1. The fraction of sp³-hybridized carbons (Fsp3) is 0.550. The van der Waals surface area contributed by atoms with Crippen LogP contribution in [0.1, 0.15) is 43.6 Å². The zero-order valence-electron chi connectivity index (χ0n) is 15.1. The maximum absolute atomic E-state index is 13.2. The third kappa shape index (κ3) is 4.82. The van der Waals surface area contributed by atoms with Crippen molar-refractivity contribution in [3.8, 4) is 0 Å². The maximum atomic E-state index is 13.2. The van der Waals surface area contributed by atoms with E-state index >= 15 is 0 Å². The Bertz CT molecular complexity index is 717. The van der Waals surface area contributed by atoms with Crippen molar-refractivity contribution in [2.45, 2.75) is 33.1 Å². The molecule has 0 aliphatic carbocycles. The molecular weight excluding hydrogens is 317 g/mol. The Kier molecular flexibility index (Phi) is 5.74. The number of carbonyl (C=O) groups excluding carboxylic acids is 1. The number of likely N-dealkylation sites (tertiary alicyclic amines) is 1. The average molecular weight is 345 g/mol. The first kappa shape index (κ1) is 17.9. The van der Waals surface area contributed by atoms with Crippen LogP contribution in [0, 0.1) is 17.7 Å². The molecule has 2 aromatic rings. The lowest BCUT2D eigenvalue weighted by Crippen LogP contribution is -2.39. The smallest absolute Gasteiger partial charge is 0.267 e. The molecule has 1 amide bonds. The number of amides is 1. The predicted molar refractivity (Wildman–Crippen MR) is 99.2 cm³/mol. The third-order valence-corrected chi connectivity index (χ3v) is 4.96. The monoisotopic (exact) mass is 345 g/mol. The predicted octanol–water partition coefficient (Wildman–Crippen LogP) is 3.79. The van der Waals surface area contributed by atoms with Crippen LogP contribution in [-0.2, 0) is 0 Å².